The second-order valence-corrected chi connectivity index (χ2v) is 3.52. The van der Waals surface area contributed by atoms with Crippen LogP contribution in [0, 0.1) is 10.1 Å². The van der Waals surface area contributed by atoms with Gasteiger partial charge >= 0.3 is 24.6 Å². The lowest BCUT2D eigenvalue weighted by molar-refractivity contribution is -0.390. The van der Waals surface area contributed by atoms with Gasteiger partial charge in [0.1, 0.15) is 5.75 Å². The molecule has 0 radical (unpaired) electrons. The van der Waals surface area contributed by atoms with Crippen molar-refractivity contribution in [2.75, 3.05) is 0 Å². The minimum Gasteiger partial charge on any atom is -0.481 e. The summed E-state index contributed by atoms with van der Waals surface area (Å²) in [5.41, 5.74) is -2.54. The Morgan fingerprint density at radius 3 is 2.43 bits per heavy atom. The lowest BCUT2D eigenvalue weighted by Gasteiger charge is -2.13. The maximum absolute atomic E-state index is 12.7. The minimum absolute atomic E-state index is 0.137. The smallest absolute Gasteiger partial charge is 0.481 e. The Labute approximate surface area is 112 Å². The number of aliphatic carboxylic acids is 1. The van der Waals surface area contributed by atoms with Gasteiger partial charge in [0.15, 0.2) is 0 Å². The summed E-state index contributed by atoms with van der Waals surface area (Å²) in [7, 11) is 0. The maximum Gasteiger partial charge on any atom is 0.573 e. The standard InChI is InChI=1S/C9H5F5N2O5/c10-8(11)7-3(1-6(17)18)4(21-9(12,13)14)2-5(15-7)16(19)20/h2,8H,1H2,(H,17,18). The summed E-state index contributed by atoms with van der Waals surface area (Å²) >= 11 is 0. The molecule has 1 heterocycles. The van der Waals surface area contributed by atoms with Crippen LogP contribution in [0.5, 0.6) is 5.75 Å². The van der Waals surface area contributed by atoms with Crippen molar-refractivity contribution in [3.8, 4) is 5.75 Å². The Kier molecular flexibility index (Phi) is 4.60. The minimum atomic E-state index is -5.35. The van der Waals surface area contributed by atoms with Crippen molar-refractivity contribution in [1.82, 2.24) is 4.98 Å². The number of hydrogen-bond acceptors (Lipinski definition) is 5. The normalized spacial score (nSPS) is 11.5. The second-order valence-electron chi connectivity index (χ2n) is 3.52. The molecule has 21 heavy (non-hydrogen) atoms. The van der Waals surface area contributed by atoms with E-state index in [1.54, 1.807) is 0 Å². The van der Waals surface area contributed by atoms with Crippen LogP contribution in [0.15, 0.2) is 6.07 Å². The third-order valence-corrected chi connectivity index (χ3v) is 2.05. The van der Waals surface area contributed by atoms with Gasteiger partial charge in [-0.3, -0.25) is 4.79 Å². The van der Waals surface area contributed by atoms with Crippen LogP contribution in [0.3, 0.4) is 0 Å². The van der Waals surface area contributed by atoms with Crippen LogP contribution in [0.2, 0.25) is 0 Å². The summed E-state index contributed by atoms with van der Waals surface area (Å²) in [5.74, 6) is -4.46. The fourth-order valence-electron chi connectivity index (χ4n) is 1.37. The highest BCUT2D eigenvalue weighted by atomic mass is 19.4. The van der Waals surface area contributed by atoms with E-state index in [-0.39, 0.29) is 6.07 Å². The van der Waals surface area contributed by atoms with Crippen molar-refractivity contribution < 1.29 is 41.5 Å². The Bertz CT molecular complexity index is 574. The average molecular weight is 316 g/mol. The highest BCUT2D eigenvalue weighted by Crippen LogP contribution is 2.35. The molecule has 1 N–H and O–H groups in total. The topological polar surface area (TPSA) is 103 Å². The lowest BCUT2D eigenvalue weighted by atomic mass is 10.1. The molecule has 0 aliphatic carbocycles. The molecular formula is C9H5F5N2O5. The summed E-state index contributed by atoms with van der Waals surface area (Å²) in [4.78, 5) is 22.6. The van der Waals surface area contributed by atoms with Gasteiger partial charge in [-0.1, -0.05) is 0 Å². The first kappa shape index (κ1) is 16.5. The van der Waals surface area contributed by atoms with Crippen molar-refractivity contribution in [2.45, 2.75) is 19.2 Å². The van der Waals surface area contributed by atoms with E-state index >= 15 is 0 Å². The predicted molar refractivity (Wildman–Crippen MR) is 53.9 cm³/mol. The molecule has 0 aliphatic heterocycles. The number of pyridine rings is 1. The van der Waals surface area contributed by atoms with Crippen molar-refractivity contribution in [1.29, 1.82) is 0 Å². The molecule has 0 bridgehead atoms. The SMILES string of the molecule is O=C(O)Cc1c(OC(F)(F)F)cc([N+](=O)[O-])nc1C(F)F. The summed E-state index contributed by atoms with van der Waals surface area (Å²) in [6.07, 6.45) is -10.1. The summed E-state index contributed by atoms with van der Waals surface area (Å²) < 4.78 is 65.3. The van der Waals surface area contributed by atoms with Gasteiger partial charge < -0.3 is 20.0 Å². The van der Waals surface area contributed by atoms with E-state index in [2.05, 4.69) is 9.72 Å². The molecule has 1 aromatic heterocycles. The van der Waals surface area contributed by atoms with Crippen molar-refractivity contribution >= 4 is 11.8 Å². The Balaban J connectivity index is 3.53. The molecule has 1 aromatic rings. The largest absolute Gasteiger partial charge is 0.573 e. The Hall–Kier alpha value is -2.53. The quantitative estimate of drug-likeness (QED) is 0.508. The van der Waals surface area contributed by atoms with Gasteiger partial charge in [-0.05, 0) is 9.91 Å². The zero-order valence-corrected chi connectivity index (χ0v) is 9.73. The monoisotopic (exact) mass is 316 g/mol. The molecule has 12 heteroatoms. The summed E-state index contributed by atoms with van der Waals surface area (Å²) in [6, 6.07) is 0.137. The van der Waals surface area contributed by atoms with Crippen molar-refractivity contribution in [3.05, 3.63) is 27.4 Å². The number of carboxylic acid groups (broad SMARTS) is 1. The van der Waals surface area contributed by atoms with E-state index in [9.17, 15) is 36.9 Å². The van der Waals surface area contributed by atoms with Gasteiger partial charge in [-0.2, -0.15) is 0 Å². The summed E-state index contributed by atoms with van der Waals surface area (Å²) in [5, 5.41) is 19.0. The Morgan fingerprint density at radius 2 is 2.05 bits per heavy atom. The highest BCUT2D eigenvalue weighted by Gasteiger charge is 2.36. The zero-order valence-electron chi connectivity index (χ0n) is 9.73. The number of halogens is 5. The van der Waals surface area contributed by atoms with Gasteiger partial charge in [0.05, 0.1) is 18.1 Å². The number of hydrogen-bond donors (Lipinski definition) is 1. The van der Waals surface area contributed by atoms with E-state index < -0.39 is 52.9 Å². The van der Waals surface area contributed by atoms with E-state index in [4.69, 9.17) is 5.11 Å². The van der Waals surface area contributed by atoms with Crippen molar-refractivity contribution in [2.24, 2.45) is 0 Å². The number of carbonyl (C=O) groups is 1. The zero-order chi connectivity index (χ0) is 16.4. The molecule has 0 unspecified atom stereocenters. The predicted octanol–water partition coefficient (Wildman–Crippen LogP) is 2.45. The molecule has 116 valence electrons. The average Bonchev–Trinajstić information content (AvgIpc) is 2.27. The van der Waals surface area contributed by atoms with Crippen LogP contribution in [-0.4, -0.2) is 27.3 Å². The first-order chi connectivity index (χ1) is 9.51. The van der Waals surface area contributed by atoms with Crippen LogP contribution in [0.25, 0.3) is 0 Å². The molecule has 0 saturated heterocycles. The molecular weight excluding hydrogens is 311 g/mol. The number of aromatic nitrogens is 1. The van der Waals surface area contributed by atoms with Gasteiger partial charge in [-0.15, -0.1) is 13.2 Å². The van der Waals surface area contributed by atoms with Crippen LogP contribution in [0.1, 0.15) is 17.7 Å². The molecule has 7 nitrogen and oxygen atoms in total. The van der Waals surface area contributed by atoms with E-state index in [1.807, 2.05) is 0 Å². The third-order valence-electron chi connectivity index (χ3n) is 2.05. The summed E-state index contributed by atoms with van der Waals surface area (Å²) in [6.45, 7) is 0. The van der Waals surface area contributed by atoms with E-state index in [1.165, 1.54) is 0 Å². The second kappa shape index (κ2) is 5.85. The Morgan fingerprint density at radius 1 is 1.48 bits per heavy atom. The van der Waals surface area contributed by atoms with Crippen LogP contribution in [0.4, 0.5) is 27.8 Å². The van der Waals surface area contributed by atoms with Gasteiger partial charge in [0.2, 0.25) is 5.69 Å². The number of nitrogens with zero attached hydrogens (tertiary/aromatic N) is 2. The molecule has 0 aromatic carbocycles. The number of alkyl halides is 5. The molecule has 0 aliphatic rings. The highest BCUT2D eigenvalue weighted by molar-refractivity contribution is 5.72. The fourth-order valence-corrected chi connectivity index (χ4v) is 1.37. The maximum atomic E-state index is 12.7. The third kappa shape index (κ3) is 4.50. The molecule has 0 saturated carbocycles. The van der Waals surface area contributed by atoms with Crippen LogP contribution >= 0.6 is 0 Å². The molecule has 0 atom stereocenters. The number of nitro groups is 1. The first-order valence-electron chi connectivity index (χ1n) is 4.95. The van der Waals surface area contributed by atoms with Crippen LogP contribution < -0.4 is 4.74 Å². The molecule has 0 amide bonds. The van der Waals surface area contributed by atoms with Crippen molar-refractivity contribution in [3.63, 3.8) is 0 Å². The van der Waals surface area contributed by atoms with Gasteiger partial charge in [-0.25, -0.2) is 8.78 Å². The number of ether oxygens (including phenoxy) is 1. The first-order valence-corrected chi connectivity index (χ1v) is 4.95. The lowest BCUT2D eigenvalue weighted by Crippen LogP contribution is -2.20. The molecule has 0 spiro atoms. The fraction of sp³-hybridized carbons (Fsp3) is 0.333. The van der Waals surface area contributed by atoms with E-state index in [0.717, 1.165) is 0 Å². The number of rotatable bonds is 5. The van der Waals surface area contributed by atoms with Gasteiger partial charge in [0.25, 0.3) is 0 Å². The molecule has 1 rings (SSSR count). The van der Waals surface area contributed by atoms with Gasteiger partial charge in [0, 0.05) is 0 Å². The molecule has 0 fully saturated rings. The number of carboxylic acids is 1. The van der Waals surface area contributed by atoms with E-state index in [0.29, 0.717) is 0 Å². The van der Waals surface area contributed by atoms with Crippen LogP contribution in [-0.2, 0) is 11.2 Å².